The summed E-state index contributed by atoms with van der Waals surface area (Å²) in [4.78, 5) is 41.1. The first-order valence-electron chi connectivity index (χ1n) is 9.64. The van der Waals surface area contributed by atoms with E-state index in [0.717, 1.165) is 12.8 Å². The zero-order valence-electron chi connectivity index (χ0n) is 16.2. The van der Waals surface area contributed by atoms with Crippen LogP contribution >= 0.6 is 11.6 Å². The minimum atomic E-state index is -0.374. The fourth-order valence-corrected chi connectivity index (χ4v) is 3.43. The number of likely N-dealkylation sites (tertiary alicyclic amines) is 1. The highest BCUT2D eigenvalue weighted by atomic mass is 35.5. The van der Waals surface area contributed by atoms with Crippen LogP contribution in [0.4, 0.5) is 0 Å². The Morgan fingerprint density at radius 2 is 2.03 bits per heavy atom. The van der Waals surface area contributed by atoms with Crippen molar-refractivity contribution >= 4 is 23.5 Å². The van der Waals surface area contributed by atoms with E-state index < -0.39 is 0 Å². The molecular weight excluding hydrogens is 396 g/mol. The number of aromatic nitrogens is 3. The number of halogens is 1. The Kier molecular flexibility index (Phi) is 6.98. The third-order valence-electron chi connectivity index (χ3n) is 4.85. The number of aromatic amines is 1. The summed E-state index contributed by atoms with van der Waals surface area (Å²) < 4.78 is 5.06. The summed E-state index contributed by atoms with van der Waals surface area (Å²) in [6.45, 7) is 3.05. The predicted molar refractivity (Wildman–Crippen MR) is 107 cm³/mol. The molecule has 1 aliphatic rings. The number of carbonyl (C=O) groups is 2. The first-order valence-corrected chi connectivity index (χ1v) is 10.0. The maximum Gasteiger partial charge on any atom is 0.310 e. The second-order valence-electron chi connectivity index (χ2n) is 6.89. The highest BCUT2D eigenvalue weighted by Gasteiger charge is 2.29. The fourth-order valence-electron chi connectivity index (χ4n) is 3.30. The number of H-pyrrole nitrogens is 1. The van der Waals surface area contributed by atoms with Gasteiger partial charge in [-0.2, -0.15) is 0 Å². The Balaban J connectivity index is 1.59. The third-order valence-corrected chi connectivity index (χ3v) is 5.10. The molecule has 0 radical (unpaired) electrons. The molecule has 1 aromatic carbocycles. The van der Waals surface area contributed by atoms with E-state index in [-0.39, 0.29) is 41.9 Å². The van der Waals surface area contributed by atoms with Crippen LogP contribution in [0.3, 0.4) is 0 Å². The van der Waals surface area contributed by atoms with E-state index in [1.807, 2.05) is 0 Å². The van der Waals surface area contributed by atoms with Gasteiger partial charge in [0.1, 0.15) is 5.69 Å². The van der Waals surface area contributed by atoms with Crippen molar-refractivity contribution in [1.82, 2.24) is 20.1 Å². The average molecular weight is 419 g/mol. The molecule has 1 atom stereocenters. The van der Waals surface area contributed by atoms with Crippen LogP contribution in [-0.2, 0) is 20.7 Å². The smallest absolute Gasteiger partial charge is 0.310 e. The summed E-state index contributed by atoms with van der Waals surface area (Å²) in [5.41, 5.74) is 0.524. The Labute approximate surface area is 173 Å². The zero-order chi connectivity index (χ0) is 20.8. The number of carbonyl (C=O) groups excluding carboxylic acids is 2. The molecule has 1 aliphatic heterocycles. The lowest BCUT2D eigenvalue weighted by molar-refractivity contribution is -0.151. The standard InChI is InChI=1S/C20H23ClN4O4/c1-2-29-20(28)14-4-3-11-25(12-14)17(26)10-9-16-19(27)22-18(24-23-16)13-5-7-15(21)8-6-13/h5-8,14H,2-4,9-12H2,1H3,(H,22,24,27). The van der Waals surface area contributed by atoms with Gasteiger partial charge in [0.2, 0.25) is 5.91 Å². The van der Waals surface area contributed by atoms with Crippen molar-refractivity contribution in [3.8, 4) is 11.4 Å². The number of piperidine rings is 1. The molecule has 0 spiro atoms. The summed E-state index contributed by atoms with van der Waals surface area (Å²) >= 11 is 5.86. The largest absolute Gasteiger partial charge is 0.466 e. The van der Waals surface area contributed by atoms with Crippen molar-refractivity contribution in [3.05, 3.63) is 45.3 Å². The highest BCUT2D eigenvalue weighted by Crippen LogP contribution is 2.19. The maximum atomic E-state index is 12.5. The molecule has 1 N–H and O–H groups in total. The maximum absolute atomic E-state index is 12.5. The van der Waals surface area contributed by atoms with Gasteiger partial charge in [-0.25, -0.2) is 0 Å². The summed E-state index contributed by atoms with van der Waals surface area (Å²) in [6.07, 6.45) is 1.79. The van der Waals surface area contributed by atoms with Crippen molar-refractivity contribution in [2.24, 2.45) is 5.92 Å². The lowest BCUT2D eigenvalue weighted by Gasteiger charge is -2.31. The number of hydrogen-bond donors (Lipinski definition) is 1. The Morgan fingerprint density at radius 1 is 1.28 bits per heavy atom. The van der Waals surface area contributed by atoms with Crippen LogP contribution in [0.15, 0.2) is 29.1 Å². The van der Waals surface area contributed by atoms with Crippen molar-refractivity contribution in [1.29, 1.82) is 0 Å². The van der Waals surface area contributed by atoms with Gasteiger partial charge in [0, 0.05) is 36.5 Å². The van der Waals surface area contributed by atoms with Crippen LogP contribution in [0.1, 0.15) is 31.9 Å². The first-order chi connectivity index (χ1) is 14.0. The second-order valence-corrected chi connectivity index (χ2v) is 7.32. The van der Waals surface area contributed by atoms with Gasteiger partial charge < -0.3 is 14.6 Å². The summed E-state index contributed by atoms with van der Waals surface area (Å²) in [5, 5.41) is 8.63. The molecule has 1 amide bonds. The number of nitrogens with zero attached hydrogens (tertiary/aromatic N) is 3. The van der Waals surface area contributed by atoms with E-state index in [2.05, 4.69) is 15.2 Å². The number of nitrogens with one attached hydrogen (secondary N) is 1. The molecule has 1 aromatic heterocycles. The van der Waals surface area contributed by atoms with Gasteiger partial charge in [-0.1, -0.05) is 11.6 Å². The monoisotopic (exact) mass is 418 g/mol. The second kappa shape index (κ2) is 9.65. The SMILES string of the molecule is CCOC(=O)C1CCCN(C(=O)CCc2nnc(-c3ccc(Cl)cc3)[nH]c2=O)C1. The van der Waals surface area contributed by atoms with E-state index in [1.165, 1.54) is 0 Å². The van der Waals surface area contributed by atoms with Crippen LogP contribution in [0.5, 0.6) is 0 Å². The van der Waals surface area contributed by atoms with Crippen molar-refractivity contribution in [3.63, 3.8) is 0 Å². The number of amides is 1. The fraction of sp³-hybridized carbons (Fsp3) is 0.450. The van der Waals surface area contributed by atoms with Gasteiger partial charge in [0.15, 0.2) is 5.82 Å². The summed E-state index contributed by atoms with van der Waals surface area (Å²) in [7, 11) is 0. The van der Waals surface area contributed by atoms with Crippen LogP contribution in [-0.4, -0.2) is 51.7 Å². The normalized spacial score (nSPS) is 16.5. The molecule has 0 aliphatic carbocycles. The van der Waals surface area contributed by atoms with Crippen LogP contribution in [0.2, 0.25) is 5.02 Å². The van der Waals surface area contributed by atoms with Crippen LogP contribution in [0, 0.1) is 5.92 Å². The van der Waals surface area contributed by atoms with E-state index in [1.54, 1.807) is 36.1 Å². The minimum Gasteiger partial charge on any atom is -0.466 e. The lowest BCUT2D eigenvalue weighted by atomic mass is 9.98. The zero-order valence-corrected chi connectivity index (χ0v) is 16.9. The van der Waals surface area contributed by atoms with E-state index >= 15 is 0 Å². The lowest BCUT2D eigenvalue weighted by Crippen LogP contribution is -2.43. The van der Waals surface area contributed by atoms with Crippen LogP contribution in [0.25, 0.3) is 11.4 Å². The van der Waals surface area contributed by atoms with Gasteiger partial charge in [0.25, 0.3) is 5.56 Å². The van der Waals surface area contributed by atoms with Crippen LogP contribution < -0.4 is 5.56 Å². The van der Waals surface area contributed by atoms with E-state index in [9.17, 15) is 14.4 Å². The summed E-state index contributed by atoms with van der Waals surface area (Å²) in [6, 6.07) is 6.88. The number of ether oxygens (including phenoxy) is 1. The third kappa shape index (κ3) is 5.41. The highest BCUT2D eigenvalue weighted by molar-refractivity contribution is 6.30. The topological polar surface area (TPSA) is 105 Å². The Hall–Kier alpha value is -2.74. The van der Waals surface area contributed by atoms with Gasteiger partial charge in [-0.3, -0.25) is 14.4 Å². The first kappa shape index (κ1) is 21.0. The Morgan fingerprint density at radius 3 is 2.72 bits per heavy atom. The van der Waals surface area contributed by atoms with Crippen molar-refractivity contribution in [2.45, 2.75) is 32.6 Å². The molecule has 9 heteroatoms. The number of aryl methyl sites for hydroxylation is 1. The number of rotatable bonds is 6. The predicted octanol–water partition coefficient (Wildman–Crippen LogP) is 2.22. The molecule has 0 saturated carbocycles. The average Bonchev–Trinajstić information content (AvgIpc) is 2.73. The molecule has 2 aromatic rings. The number of benzene rings is 1. The molecule has 3 rings (SSSR count). The van der Waals surface area contributed by atoms with E-state index in [0.29, 0.717) is 36.1 Å². The van der Waals surface area contributed by atoms with Gasteiger partial charge in [-0.15, -0.1) is 10.2 Å². The molecule has 0 bridgehead atoms. The Bertz CT molecular complexity index is 929. The van der Waals surface area contributed by atoms with Gasteiger partial charge >= 0.3 is 5.97 Å². The number of esters is 1. The molecule has 1 saturated heterocycles. The quantitative estimate of drug-likeness (QED) is 0.721. The number of hydrogen-bond acceptors (Lipinski definition) is 6. The molecule has 154 valence electrons. The van der Waals surface area contributed by atoms with Gasteiger partial charge in [-0.05, 0) is 44.0 Å². The molecule has 8 nitrogen and oxygen atoms in total. The molecule has 29 heavy (non-hydrogen) atoms. The molecule has 1 fully saturated rings. The molecule has 2 heterocycles. The van der Waals surface area contributed by atoms with E-state index in [4.69, 9.17) is 16.3 Å². The minimum absolute atomic E-state index is 0.109. The summed E-state index contributed by atoms with van der Waals surface area (Å²) in [5.74, 6) is -0.309. The van der Waals surface area contributed by atoms with Crippen molar-refractivity contribution < 1.29 is 14.3 Å². The molecular formula is C20H23ClN4O4. The van der Waals surface area contributed by atoms with Gasteiger partial charge in [0.05, 0.1) is 12.5 Å². The van der Waals surface area contributed by atoms with Crippen molar-refractivity contribution in [2.75, 3.05) is 19.7 Å². The molecule has 1 unspecified atom stereocenters.